The third kappa shape index (κ3) is 13.4. The van der Waals surface area contributed by atoms with Crippen LogP contribution in [0, 0.1) is 17.2 Å². The van der Waals surface area contributed by atoms with E-state index in [1.807, 2.05) is 32.3 Å². The first-order valence-electron chi connectivity index (χ1n) is 13.2. The number of thiazole rings is 1. The number of hydrogen-bond donors (Lipinski definition) is 0. The van der Waals surface area contributed by atoms with Crippen molar-refractivity contribution in [2.75, 3.05) is 6.26 Å². The number of rotatable bonds is 13. The molecular weight excluding hydrogens is 497 g/mol. The summed E-state index contributed by atoms with van der Waals surface area (Å²) in [5.41, 5.74) is 2.77. The van der Waals surface area contributed by atoms with Crippen LogP contribution in [0.5, 0.6) is 0 Å². The maximum atomic E-state index is 13.4. The van der Waals surface area contributed by atoms with E-state index in [-0.39, 0.29) is 11.2 Å². The standard InChI is InChI=1S/C28H38FNOS.C4H8S/c1-7-10-20(3)27-26(22-14-16-23(29)17-15-22)30-25(32-27)18-21(11-8-2)12-9-13-24(31)19-28(4,5)6;1-4(2)5-3/h7,10,14-17,21H,3,8-9,11-13,18-19H2,1-2,4-6H3;1H2,2-3H3/b10-7-;. The van der Waals surface area contributed by atoms with Gasteiger partial charge in [0.05, 0.1) is 15.6 Å². The maximum absolute atomic E-state index is 13.4. The molecule has 0 aliphatic heterocycles. The lowest BCUT2D eigenvalue weighted by Gasteiger charge is -2.18. The number of carbonyl (C=O) groups excluding carboxylic acids is 1. The number of ketones is 1. The molecule has 0 saturated heterocycles. The second-order valence-corrected chi connectivity index (χ2v) is 12.9. The molecule has 0 bridgehead atoms. The molecule has 1 aromatic carbocycles. The summed E-state index contributed by atoms with van der Waals surface area (Å²) in [6, 6.07) is 6.52. The summed E-state index contributed by atoms with van der Waals surface area (Å²) in [7, 11) is 0. The van der Waals surface area contributed by atoms with Gasteiger partial charge in [0.25, 0.3) is 0 Å². The van der Waals surface area contributed by atoms with Crippen molar-refractivity contribution in [2.45, 2.75) is 86.5 Å². The molecule has 0 aliphatic carbocycles. The van der Waals surface area contributed by atoms with E-state index < -0.39 is 0 Å². The van der Waals surface area contributed by atoms with Gasteiger partial charge in [-0.2, -0.15) is 0 Å². The normalized spacial score (nSPS) is 12.2. The Labute approximate surface area is 233 Å². The van der Waals surface area contributed by atoms with Gasteiger partial charge in [0.15, 0.2) is 0 Å². The van der Waals surface area contributed by atoms with Crippen LogP contribution in [-0.4, -0.2) is 17.0 Å². The van der Waals surface area contributed by atoms with Gasteiger partial charge in [0, 0.05) is 24.8 Å². The minimum Gasteiger partial charge on any atom is -0.300 e. The SMILES string of the molecule is C=C(/C=C\C)c1sc(CC(CCC)CCCC(=O)CC(C)(C)C)nc1-c1ccc(F)cc1.C=C(C)SC. The van der Waals surface area contributed by atoms with Crippen LogP contribution < -0.4 is 0 Å². The molecule has 1 unspecified atom stereocenters. The highest BCUT2D eigenvalue weighted by molar-refractivity contribution is 8.02. The second kappa shape index (κ2) is 16.8. The summed E-state index contributed by atoms with van der Waals surface area (Å²) >= 11 is 3.37. The van der Waals surface area contributed by atoms with Gasteiger partial charge < -0.3 is 0 Å². The summed E-state index contributed by atoms with van der Waals surface area (Å²) in [6.07, 6.45) is 12.4. The zero-order valence-corrected chi connectivity index (χ0v) is 25.6. The van der Waals surface area contributed by atoms with Crippen LogP contribution in [0.3, 0.4) is 0 Å². The molecule has 1 heterocycles. The Kier molecular flexibility index (Phi) is 15.0. The quantitative estimate of drug-likeness (QED) is 0.235. The number of nitrogens with zero attached hydrogens (tertiary/aromatic N) is 1. The zero-order valence-electron chi connectivity index (χ0n) is 24.0. The van der Waals surface area contributed by atoms with Gasteiger partial charge in [-0.25, -0.2) is 9.37 Å². The Balaban J connectivity index is 0.00000124. The van der Waals surface area contributed by atoms with Crippen molar-refractivity contribution in [3.8, 4) is 11.3 Å². The first-order chi connectivity index (χ1) is 17.4. The lowest BCUT2D eigenvalue weighted by molar-refractivity contribution is -0.120. The van der Waals surface area contributed by atoms with Crippen molar-refractivity contribution in [1.29, 1.82) is 0 Å². The third-order valence-electron chi connectivity index (χ3n) is 5.75. The van der Waals surface area contributed by atoms with Crippen LogP contribution in [0.25, 0.3) is 16.8 Å². The van der Waals surface area contributed by atoms with E-state index in [4.69, 9.17) is 4.98 Å². The van der Waals surface area contributed by atoms with E-state index in [2.05, 4.69) is 40.9 Å². The van der Waals surface area contributed by atoms with Crippen molar-refractivity contribution >= 4 is 34.5 Å². The average molecular weight is 544 g/mol. The van der Waals surface area contributed by atoms with Gasteiger partial charge >= 0.3 is 0 Å². The number of halogens is 1. The van der Waals surface area contributed by atoms with Gasteiger partial charge in [-0.15, -0.1) is 23.1 Å². The molecule has 0 radical (unpaired) electrons. The number of hydrogen-bond acceptors (Lipinski definition) is 4. The van der Waals surface area contributed by atoms with Gasteiger partial charge in [-0.3, -0.25) is 4.79 Å². The van der Waals surface area contributed by atoms with Gasteiger partial charge in [-0.1, -0.05) is 65.8 Å². The van der Waals surface area contributed by atoms with Crippen LogP contribution in [-0.2, 0) is 11.2 Å². The number of thioether (sulfide) groups is 1. The topological polar surface area (TPSA) is 30.0 Å². The van der Waals surface area contributed by atoms with E-state index >= 15 is 0 Å². The summed E-state index contributed by atoms with van der Waals surface area (Å²) in [5.74, 6) is 0.630. The Bertz CT molecular complexity index is 1030. The van der Waals surface area contributed by atoms with Crippen molar-refractivity contribution in [1.82, 2.24) is 4.98 Å². The minimum atomic E-state index is -0.248. The number of Topliss-reactive ketones (excluding diaryl/α,β-unsaturated/α-hetero) is 1. The lowest BCUT2D eigenvalue weighted by Crippen LogP contribution is -2.13. The Hall–Kier alpha value is -1.98. The lowest BCUT2D eigenvalue weighted by atomic mass is 9.87. The first-order valence-corrected chi connectivity index (χ1v) is 15.2. The fourth-order valence-electron chi connectivity index (χ4n) is 4.02. The van der Waals surface area contributed by atoms with E-state index in [0.717, 1.165) is 58.8 Å². The molecule has 0 spiro atoms. The van der Waals surface area contributed by atoms with Crippen molar-refractivity contribution in [2.24, 2.45) is 11.3 Å². The smallest absolute Gasteiger partial charge is 0.133 e. The molecule has 1 atom stereocenters. The highest BCUT2D eigenvalue weighted by Gasteiger charge is 2.19. The molecule has 0 saturated carbocycles. The molecule has 0 N–H and O–H groups in total. The number of benzene rings is 1. The largest absolute Gasteiger partial charge is 0.300 e. The zero-order chi connectivity index (χ0) is 28.0. The molecule has 2 aromatic rings. The Morgan fingerprint density at radius 3 is 2.32 bits per heavy atom. The predicted molar refractivity (Wildman–Crippen MR) is 165 cm³/mol. The Morgan fingerprint density at radius 1 is 1.19 bits per heavy atom. The van der Waals surface area contributed by atoms with Crippen LogP contribution >= 0.6 is 23.1 Å². The van der Waals surface area contributed by atoms with Gasteiger partial charge in [0.2, 0.25) is 0 Å². The second-order valence-electron chi connectivity index (χ2n) is 10.8. The molecule has 204 valence electrons. The molecule has 1 aromatic heterocycles. The molecule has 37 heavy (non-hydrogen) atoms. The van der Waals surface area contributed by atoms with Crippen molar-refractivity contribution in [3.05, 3.63) is 70.2 Å². The van der Waals surface area contributed by atoms with Crippen LogP contribution in [0.1, 0.15) is 90.0 Å². The Morgan fingerprint density at radius 2 is 1.81 bits per heavy atom. The van der Waals surface area contributed by atoms with E-state index in [1.165, 1.54) is 17.0 Å². The minimum absolute atomic E-state index is 0.0588. The summed E-state index contributed by atoms with van der Waals surface area (Å²) < 4.78 is 13.4. The third-order valence-corrected chi connectivity index (χ3v) is 7.60. The number of allylic oxidation sites excluding steroid dienone is 4. The summed E-state index contributed by atoms with van der Waals surface area (Å²) in [6.45, 7) is 20.4. The average Bonchev–Trinajstić information content (AvgIpc) is 3.23. The number of carbonyl (C=O) groups is 1. The van der Waals surface area contributed by atoms with Crippen LogP contribution in [0.15, 0.2) is 54.5 Å². The van der Waals surface area contributed by atoms with Crippen LogP contribution in [0.2, 0.25) is 0 Å². The molecule has 0 fully saturated rings. The summed E-state index contributed by atoms with van der Waals surface area (Å²) in [4.78, 5) is 19.4. The predicted octanol–water partition coefficient (Wildman–Crippen LogP) is 10.6. The summed E-state index contributed by atoms with van der Waals surface area (Å²) in [5, 5.41) is 1.09. The molecule has 2 rings (SSSR count). The highest BCUT2D eigenvalue weighted by Crippen LogP contribution is 2.35. The molecule has 0 amide bonds. The fraction of sp³-hybridized carbons (Fsp3) is 0.500. The molecule has 5 heteroatoms. The maximum Gasteiger partial charge on any atom is 0.133 e. The molecule has 2 nitrogen and oxygen atoms in total. The van der Waals surface area contributed by atoms with Crippen molar-refractivity contribution < 1.29 is 9.18 Å². The molecular formula is C32H46FNOS2. The molecule has 0 aliphatic rings. The van der Waals surface area contributed by atoms with E-state index in [9.17, 15) is 9.18 Å². The van der Waals surface area contributed by atoms with E-state index in [1.54, 1.807) is 35.2 Å². The monoisotopic (exact) mass is 543 g/mol. The fourth-order valence-corrected chi connectivity index (χ4v) is 5.17. The highest BCUT2D eigenvalue weighted by atomic mass is 32.2. The van der Waals surface area contributed by atoms with Gasteiger partial charge in [0.1, 0.15) is 11.6 Å². The first kappa shape index (κ1) is 33.0. The van der Waals surface area contributed by atoms with E-state index in [0.29, 0.717) is 24.5 Å². The van der Waals surface area contributed by atoms with Crippen LogP contribution in [0.4, 0.5) is 4.39 Å². The number of aromatic nitrogens is 1. The van der Waals surface area contributed by atoms with Crippen molar-refractivity contribution in [3.63, 3.8) is 0 Å². The van der Waals surface area contributed by atoms with Gasteiger partial charge in [-0.05, 0) is 79.0 Å².